The number of nitriles is 1. The van der Waals surface area contributed by atoms with Crippen LogP contribution in [0.4, 0.5) is 17.1 Å². The molecular formula is C45H34N2O3. The summed E-state index contributed by atoms with van der Waals surface area (Å²) in [6.07, 6.45) is 7.58. The van der Waals surface area contributed by atoms with Gasteiger partial charge in [-0.3, -0.25) is 0 Å². The number of hydrogen-bond acceptors (Lipinski definition) is 4. The third kappa shape index (κ3) is 8.21. The summed E-state index contributed by atoms with van der Waals surface area (Å²) in [6.45, 7) is -0.0177. The fourth-order valence-electron chi connectivity index (χ4n) is 5.59. The van der Waals surface area contributed by atoms with E-state index in [1.165, 1.54) is 6.08 Å². The van der Waals surface area contributed by atoms with Crippen molar-refractivity contribution in [1.82, 2.24) is 0 Å². The van der Waals surface area contributed by atoms with Crippen molar-refractivity contribution in [3.05, 3.63) is 202 Å². The number of benzene rings is 6. The molecule has 6 aromatic rings. The molecule has 6 rings (SSSR count). The first-order valence-corrected chi connectivity index (χ1v) is 16.2. The molecule has 0 saturated heterocycles. The van der Waals surface area contributed by atoms with Crippen molar-refractivity contribution in [2.45, 2.75) is 6.61 Å². The van der Waals surface area contributed by atoms with E-state index < -0.39 is 5.97 Å². The van der Waals surface area contributed by atoms with E-state index in [-0.39, 0.29) is 12.2 Å². The lowest BCUT2D eigenvalue weighted by Crippen LogP contribution is -2.10. The number of aliphatic hydroxyl groups excluding tert-OH is 1. The summed E-state index contributed by atoms with van der Waals surface area (Å²) in [5.41, 5.74) is 10.7. The summed E-state index contributed by atoms with van der Waals surface area (Å²) in [5, 5.41) is 27.8. The van der Waals surface area contributed by atoms with Crippen molar-refractivity contribution in [3.63, 3.8) is 0 Å². The molecule has 0 aliphatic carbocycles. The molecule has 0 heterocycles. The minimum atomic E-state index is -1.24. The zero-order valence-corrected chi connectivity index (χ0v) is 27.2. The van der Waals surface area contributed by atoms with E-state index in [1.54, 1.807) is 18.2 Å². The van der Waals surface area contributed by atoms with E-state index in [4.69, 9.17) is 10.4 Å². The standard InChI is InChI=1S/C45H34N2O3/c46-31-40(45(49)50)29-35-15-13-33(14-16-35)11-12-34-17-23-41(24-18-34)47(43-27-21-37(32-48)22-28-43)42-25-19-36(20-26-42)30-44(38-7-3-1-4-8-38)39-9-5-2-6-10-39/h1-30,48H,32H2,(H,49,50). The van der Waals surface area contributed by atoms with Crippen molar-refractivity contribution < 1.29 is 15.0 Å². The van der Waals surface area contributed by atoms with Crippen LogP contribution in [-0.2, 0) is 11.4 Å². The molecule has 0 radical (unpaired) electrons. The first-order valence-electron chi connectivity index (χ1n) is 16.2. The Bertz CT molecular complexity index is 2140. The lowest BCUT2D eigenvalue weighted by atomic mass is 9.95. The maximum Gasteiger partial charge on any atom is 0.346 e. The molecular weight excluding hydrogens is 617 g/mol. The molecule has 0 aromatic heterocycles. The zero-order chi connectivity index (χ0) is 34.7. The van der Waals surface area contributed by atoms with Crippen molar-refractivity contribution in [3.8, 4) is 6.07 Å². The Kier molecular flexibility index (Phi) is 10.6. The summed E-state index contributed by atoms with van der Waals surface area (Å²) in [4.78, 5) is 13.3. The quantitative estimate of drug-likeness (QED) is 0.0828. The molecule has 242 valence electrons. The van der Waals surface area contributed by atoms with Gasteiger partial charge in [-0.1, -0.05) is 133 Å². The lowest BCUT2D eigenvalue weighted by molar-refractivity contribution is -0.132. The van der Waals surface area contributed by atoms with E-state index in [1.807, 2.05) is 60.7 Å². The van der Waals surface area contributed by atoms with Crippen molar-refractivity contribution in [2.24, 2.45) is 0 Å². The van der Waals surface area contributed by atoms with Gasteiger partial charge in [0.1, 0.15) is 11.6 Å². The molecule has 0 saturated carbocycles. The van der Waals surface area contributed by atoms with E-state index in [0.29, 0.717) is 5.56 Å². The van der Waals surface area contributed by atoms with Crippen LogP contribution in [0.1, 0.15) is 38.9 Å². The second-order valence-corrected chi connectivity index (χ2v) is 11.6. The molecule has 5 heteroatoms. The second-order valence-electron chi connectivity index (χ2n) is 11.6. The number of aliphatic hydroxyl groups is 1. The summed E-state index contributed by atoms with van der Waals surface area (Å²) >= 11 is 0. The molecule has 0 bridgehead atoms. The van der Waals surface area contributed by atoms with Gasteiger partial charge < -0.3 is 15.1 Å². The van der Waals surface area contributed by atoms with Gasteiger partial charge >= 0.3 is 5.97 Å². The topological polar surface area (TPSA) is 84.6 Å². The van der Waals surface area contributed by atoms with Crippen molar-refractivity contribution in [2.75, 3.05) is 4.90 Å². The van der Waals surface area contributed by atoms with Crippen LogP contribution in [0.5, 0.6) is 0 Å². The van der Waals surface area contributed by atoms with Crippen LogP contribution in [0, 0.1) is 11.3 Å². The lowest BCUT2D eigenvalue weighted by Gasteiger charge is -2.26. The average Bonchev–Trinajstić information content (AvgIpc) is 3.17. The first kappa shape index (κ1) is 33.2. The Morgan fingerprint density at radius 3 is 1.40 bits per heavy atom. The van der Waals surface area contributed by atoms with Crippen LogP contribution in [0.2, 0.25) is 0 Å². The Balaban J connectivity index is 1.27. The molecule has 0 spiro atoms. The molecule has 0 amide bonds. The maximum absolute atomic E-state index is 11.1. The number of hydrogen-bond donors (Lipinski definition) is 2. The second kappa shape index (κ2) is 15.9. The van der Waals surface area contributed by atoms with Gasteiger partial charge in [-0.25, -0.2) is 4.79 Å². The minimum absolute atomic E-state index is 0.0177. The Morgan fingerprint density at radius 2 is 0.960 bits per heavy atom. The van der Waals surface area contributed by atoms with Crippen molar-refractivity contribution in [1.29, 1.82) is 5.26 Å². The highest BCUT2D eigenvalue weighted by atomic mass is 16.4. The molecule has 5 nitrogen and oxygen atoms in total. The minimum Gasteiger partial charge on any atom is -0.477 e. The highest BCUT2D eigenvalue weighted by Crippen LogP contribution is 2.36. The highest BCUT2D eigenvalue weighted by Gasteiger charge is 2.13. The molecule has 6 aromatic carbocycles. The van der Waals surface area contributed by atoms with Gasteiger partial charge in [0.2, 0.25) is 0 Å². The molecule has 0 atom stereocenters. The predicted octanol–water partition coefficient (Wildman–Crippen LogP) is 10.4. The van der Waals surface area contributed by atoms with Crippen LogP contribution < -0.4 is 4.90 Å². The van der Waals surface area contributed by atoms with Gasteiger partial charge in [0, 0.05) is 17.1 Å². The van der Waals surface area contributed by atoms with Crippen LogP contribution in [0.3, 0.4) is 0 Å². The Labute approximate surface area is 292 Å². The normalized spacial score (nSPS) is 11.2. The number of aliphatic carboxylic acids is 1. The van der Waals surface area contributed by atoms with Gasteiger partial charge in [0.15, 0.2) is 0 Å². The fourth-order valence-corrected chi connectivity index (χ4v) is 5.59. The monoisotopic (exact) mass is 650 g/mol. The third-order valence-electron chi connectivity index (χ3n) is 8.23. The first-order chi connectivity index (χ1) is 24.5. The molecule has 0 unspecified atom stereocenters. The largest absolute Gasteiger partial charge is 0.477 e. The maximum atomic E-state index is 11.1. The van der Waals surface area contributed by atoms with E-state index in [0.717, 1.165) is 56.0 Å². The molecule has 50 heavy (non-hydrogen) atoms. The molecule has 0 fully saturated rings. The highest BCUT2D eigenvalue weighted by molar-refractivity contribution is 5.96. The molecule has 0 aliphatic rings. The molecule has 0 aliphatic heterocycles. The number of anilines is 3. The Morgan fingerprint density at radius 1 is 0.560 bits per heavy atom. The number of carboxylic acid groups (broad SMARTS) is 1. The number of nitrogens with zero attached hydrogens (tertiary/aromatic N) is 2. The van der Waals surface area contributed by atoms with E-state index in [9.17, 15) is 9.90 Å². The van der Waals surface area contributed by atoms with Gasteiger partial charge in [0.25, 0.3) is 0 Å². The SMILES string of the molecule is N#CC(=Cc1ccc(C=Cc2ccc(N(c3ccc(C=C(c4ccccc4)c4ccccc4)cc3)c3ccc(CO)cc3)cc2)cc1)C(=O)O. The van der Waals surface area contributed by atoms with Crippen molar-refractivity contribution >= 4 is 52.9 Å². The fraction of sp³-hybridized carbons (Fsp3) is 0.0222. The van der Waals surface area contributed by atoms with Gasteiger partial charge in [0.05, 0.1) is 6.61 Å². The number of carboxylic acids is 1. The summed E-state index contributed by atoms with van der Waals surface area (Å²) in [5.74, 6) is -1.24. The smallest absolute Gasteiger partial charge is 0.346 e. The summed E-state index contributed by atoms with van der Waals surface area (Å²) < 4.78 is 0. The van der Waals surface area contributed by atoms with Crippen LogP contribution in [0.25, 0.3) is 29.9 Å². The predicted molar refractivity (Wildman–Crippen MR) is 204 cm³/mol. The number of rotatable bonds is 11. The van der Waals surface area contributed by atoms with Gasteiger partial charge in [-0.2, -0.15) is 5.26 Å². The van der Waals surface area contributed by atoms with Gasteiger partial charge in [-0.15, -0.1) is 0 Å². The van der Waals surface area contributed by atoms with Crippen LogP contribution in [-0.4, -0.2) is 16.2 Å². The molecule has 2 N–H and O–H groups in total. The third-order valence-corrected chi connectivity index (χ3v) is 8.23. The average molecular weight is 651 g/mol. The Hall–Kier alpha value is -6.74. The van der Waals surface area contributed by atoms with Gasteiger partial charge in [-0.05, 0) is 93.1 Å². The number of carbonyl (C=O) groups is 1. The summed E-state index contributed by atoms with van der Waals surface area (Å²) in [6, 6.07) is 54.6. The van der Waals surface area contributed by atoms with Crippen LogP contribution in [0.15, 0.2) is 163 Å². The zero-order valence-electron chi connectivity index (χ0n) is 27.2. The van der Waals surface area contributed by atoms with Crippen LogP contribution >= 0.6 is 0 Å². The van der Waals surface area contributed by atoms with E-state index in [2.05, 4.69) is 108 Å². The van der Waals surface area contributed by atoms with E-state index >= 15 is 0 Å². The summed E-state index contributed by atoms with van der Waals surface area (Å²) in [7, 11) is 0.